The van der Waals surface area contributed by atoms with Crippen LogP contribution in [0.1, 0.15) is 40.0 Å². The molecule has 0 aliphatic rings. The van der Waals surface area contributed by atoms with Crippen LogP contribution in [0.2, 0.25) is 0 Å². The minimum absolute atomic E-state index is 0.419. The van der Waals surface area contributed by atoms with Gasteiger partial charge in [0.25, 0.3) is 0 Å². The van der Waals surface area contributed by atoms with E-state index in [9.17, 15) is 0 Å². The van der Waals surface area contributed by atoms with Gasteiger partial charge in [0, 0.05) is 18.0 Å². The molecule has 1 unspecified atom stereocenters. The molecule has 0 aliphatic carbocycles. The van der Waals surface area contributed by atoms with Crippen LogP contribution in [-0.4, -0.2) is 22.6 Å². The van der Waals surface area contributed by atoms with Crippen molar-refractivity contribution in [1.29, 1.82) is 0 Å². The number of para-hydroxylation sites is 1. The maximum atomic E-state index is 4.61. The van der Waals surface area contributed by atoms with E-state index >= 15 is 0 Å². The molecule has 0 fully saturated rings. The van der Waals surface area contributed by atoms with Crippen molar-refractivity contribution in [3.8, 4) is 0 Å². The van der Waals surface area contributed by atoms with Gasteiger partial charge in [-0.25, -0.2) is 4.98 Å². The van der Waals surface area contributed by atoms with Crippen LogP contribution in [0.15, 0.2) is 24.3 Å². The maximum absolute atomic E-state index is 4.61. The Hall–Kier alpha value is -1.84. The molecule has 4 nitrogen and oxygen atoms in total. The quantitative estimate of drug-likeness (QED) is 0.798. The molecule has 0 radical (unpaired) electrons. The van der Waals surface area contributed by atoms with Gasteiger partial charge in [-0.3, -0.25) is 0 Å². The molecule has 0 bridgehead atoms. The van der Waals surface area contributed by atoms with Gasteiger partial charge in [0.05, 0.1) is 5.52 Å². The number of rotatable bonds is 7. The molecule has 2 N–H and O–H groups in total. The molecule has 2 rings (SSSR count). The minimum Gasteiger partial charge on any atom is -0.367 e. The van der Waals surface area contributed by atoms with Crippen LogP contribution in [0.3, 0.4) is 0 Å². The van der Waals surface area contributed by atoms with E-state index in [2.05, 4.69) is 47.4 Å². The van der Waals surface area contributed by atoms with Crippen molar-refractivity contribution in [2.24, 2.45) is 0 Å². The van der Waals surface area contributed by atoms with Gasteiger partial charge in [0.2, 0.25) is 5.95 Å². The van der Waals surface area contributed by atoms with Crippen molar-refractivity contribution in [3.05, 3.63) is 24.3 Å². The fourth-order valence-corrected chi connectivity index (χ4v) is 2.24. The van der Waals surface area contributed by atoms with Gasteiger partial charge in [0.1, 0.15) is 5.82 Å². The first kappa shape index (κ1) is 14.6. The SMILES string of the molecule is CCCCC(C)Nc1nc(NCC)nc2ccccc12. The summed E-state index contributed by atoms with van der Waals surface area (Å²) in [6.45, 7) is 7.30. The smallest absolute Gasteiger partial charge is 0.225 e. The first-order chi connectivity index (χ1) is 9.74. The molecule has 1 aromatic carbocycles. The molecule has 0 saturated heterocycles. The summed E-state index contributed by atoms with van der Waals surface area (Å²) in [5, 5.41) is 7.80. The molecular weight excluding hydrogens is 248 g/mol. The highest BCUT2D eigenvalue weighted by Crippen LogP contribution is 2.23. The number of unbranched alkanes of at least 4 members (excludes halogenated alkanes) is 1. The molecule has 1 atom stereocenters. The number of nitrogens with one attached hydrogen (secondary N) is 2. The topological polar surface area (TPSA) is 49.8 Å². The molecule has 0 spiro atoms. The summed E-state index contributed by atoms with van der Waals surface area (Å²) in [7, 11) is 0. The monoisotopic (exact) mass is 272 g/mol. The summed E-state index contributed by atoms with van der Waals surface area (Å²) < 4.78 is 0. The Morgan fingerprint density at radius 1 is 1.15 bits per heavy atom. The number of fused-ring (bicyclic) bond motifs is 1. The summed E-state index contributed by atoms with van der Waals surface area (Å²) in [4.78, 5) is 9.14. The van der Waals surface area contributed by atoms with Gasteiger partial charge in [-0.05, 0) is 32.4 Å². The Kier molecular flexibility index (Phi) is 5.16. The van der Waals surface area contributed by atoms with Crippen molar-refractivity contribution >= 4 is 22.7 Å². The zero-order valence-corrected chi connectivity index (χ0v) is 12.6. The summed E-state index contributed by atoms with van der Waals surface area (Å²) in [5.74, 6) is 1.62. The normalized spacial score (nSPS) is 12.3. The number of anilines is 2. The third-order valence-electron chi connectivity index (χ3n) is 3.31. The first-order valence-electron chi connectivity index (χ1n) is 7.51. The molecule has 1 heterocycles. The summed E-state index contributed by atoms with van der Waals surface area (Å²) >= 11 is 0. The van der Waals surface area contributed by atoms with E-state index in [0.29, 0.717) is 12.0 Å². The van der Waals surface area contributed by atoms with Crippen LogP contribution in [-0.2, 0) is 0 Å². The zero-order valence-electron chi connectivity index (χ0n) is 12.6. The van der Waals surface area contributed by atoms with Crippen molar-refractivity contribution < 1.29 is 0 Å². The van der Waals surface area contributed by atoms with Gasteiger partial charge < -0.3 is 10.6 Å². The largest absolute Gasteiger partial charge is 0.367 e. The van der Waals surface area contributed by atoms with Gasteiger partial charge in [0.15, 0.2) is 0 Å². The second-order valence-electron chi connectivity index (χ2n) is 5.13. The lowest BCUT2D eigenvalue weighted by molar-refractivity contribution is 0.644. The van der Waals surface area contributed by atoms with Gasteiger partial charge in [-0.1, -0.05) is 31.9 Å². The molecule has 0 aliphatic heterocycles. The van der Waals surface area contributed by atoms with E-state index in [4.69, 9.17) is 0 Å². The third-order valence-corrected chi connectivity index (χ3v) is 3.31. The average molecular weight is 272 g/mol. The Morgan fingerprint density at radius 3 is 2.70 bits per heavy atom. The van der Waals surface area contributed by atoms with E-state index in [0.717, 1.165) is 29.7 Å². The van der Waals surface area contributed by atoms with E-state index in [1.807, 2.05) is 18.2 Å². The fraction of sp³-hybridized carbons (Fsp3) is 0.500. The summed E-state index contributed by atoms with van der Waals surface area (Å²) in [6.07, 6.45) is 3.61. The highest BCUT2D eigenvalue weighted by Gasteiger charge is 2.09. The predicted molar refractivity (Wildman–Crippen MR) is 86.3 cm³/mol. The van der Waals surface area contributed by atoms with Crippen LogP contribution in [0, 0.1) is 0 Å². The second-order valence-corrected chi connectivity index (χ2v) is 5.13. The van der Waals surface area contributed by atoms with Gasteiger partial charge in [-0.2, -0.15) is 4.98 Å². The first-order valence-corrected chi connectivity index (χ1v) is 7.51. The Bertz CT molecular complexity index is 553. The fourth-order valence-electron chi connectivity index (χ4n) is 2.24. The van der Waals surface area contributed by atoms with E-state index < -0.39 is 0 Å². The van der Waals surface area contributed by atoms with Crippen LogP contribution < -0.4 is 10.6 Å². The number of aromatic nitrogens is 2. The number of nitrogens with zero attached hydrogens (tertiary/aromatic N) is 2. The molecule has 4 heteroatoms. The molecule has 0 amide bonds. The molecular formula is C16H24N4. The number of hydrogen-bond donors (Lipinski definition) is 2. The van der Waals surface area contributed by atoms with E-state index in [1.165, 1.54) is 12.8 Å². The lowest BCUT2D eigenvalue weighted by Gasteiger charge is -2.16. The van der Waals surface area contributed by atoms with Crippen LogP contribution >= 0.6 is 0 Å². The van der Waals surface area contributed by atoms with Crippen molar-refractivity contribution in [2.75, 3.05) is 17.2 Å². The van der Waals surface area contributed by atoms with Crippen molar-refractivity contribution in [1.82, 2.24) is 9.97 Å². The molecule has 20 heavy (non-hydrogen) atoms. The Morgan fingerprint density at radius 2 is 1.95 bits per heavy atom. The molecule has 2 aromatic rings. The standard InChI is InChI=1S/C16H24N4/c1-4-6-9-12(3)18-15-13-10-7-8-11-14(13)19-16(20-15)17-5-2/h7-8,10-12H,4-6,9H2,1-3H3,(H2,17,18,19,20). The van der Waals surface area contributed by atoms with Crippen LogP contribution in [0.5, 0.6) is 0 Å². The lowest BCUT2D eigenvalue weighted by atomic mass is 10.1. The van der Waals surface area contributed by atoms with Crippen LogP contribution in [0.25, 0.3) is 10.9 Å². The Labute approximate surface area is 121 Å². The molecule has 1 aromatic heterocycles. The predicted octanol–water partition coefficient (Wildman–Crippen LogP) is 4.05. The maximum Gasteiger partial charge on any atom is 0.225 e. The van der Waals surface area contributed by atoms with Gasteiger partial charge >= 0.3 is 0 Å². The lowest BCUT2D eigenvalue weighted by Crippen LogP contribution is -2.17. The van der Waals surface area contributed by atoms with Crippen molar-refractivity contribution in [2.45, 2.75) is 46.1 Å². The van der Waals surface area contributed by atoms with Crippen molar-refractivity contribution in [3.63, 3.8) is 0 Å². The number of hydrogen-bond acceptors (Lipinski definition) is 4. The second kappa shape index (κ2) is 7.08. The molecule has 0 saturated carbocycles. The van der Waals surface area contributed by atoms with Crippen LogP contribution in [0.4, 0.5) is 11.8 Å². The van der Waals surface area contributed by atoms with Gasteiger partial charge in [-0.15, -0.1) is 0 Å². The summed E-state index contributed by atoms with van der Waals surface area (Å²) in [5.41, 5.74) is 0.976. The third kappa shape index (κ3) is 3.59. The van der Waals surface area contributed by atoms with E-state index in [-0.39, 0.29) is 0 Å². The zero-order chi connectivity index (χ0) is 14.4. The van der Waals surface area contributed by atoms with E-state index in [1.54, 1.807) is 0 Å². The highest BCUT2D eigenvalue weighted by molar-refractivity contribution is 5.90. The average Bonchev–Trinajstić information content (AvgIpc) is 2.45. The highest BCUT2D eigenvalue weighted by atomic mass is 15.1. The number of benzene rings is 1. The summed E-state index contributed by atoms with van der Waals surface area (Å²) in [6, 6.07) is 8.55. The Balaban J connectivity index is 2.29. The molecule has 108 valence electrons. The minimum atomic E-state index is 0.419.